The van der Waals surface area contributed by atoms with Gasteiger partial charge >= 0.3 is 0 Å². The molecule has 0 aliphatic carbocycles. The summed E-state index contributed by atoms with van der Waals surface area (Å²) in [4.78, 5) is 0. The number of hydrogen-bond acceptors (Lipinski definition) is 1. The Morgan fingerprint density at radius 2 is 2.18 bits per heavy atom. The van der Waals surface area contributed by atoms with E-state index in [0.717, 1.165) is 35.2 Å². The maximum absolute atomic E-state index is 5.95. The predicted octanol–water partition coefficient (Wildman–Crippen LogP) is 2.85. The number of nitrogens with two attached hydrogens (primary N) is 1. The second kappa shape index (κ2) is 5.71. The van der Waals surface area contributed by atoms with E-state index >= 15 is 0 Å². The van der Waals surface area contributed by atoms with E-state index in [-0.39, 0.29) is 0 Å². The molecule has 1 aromatic heterocycles. The smallest absolute Gasteiger partial charge is 0.158 e. The summed E-state index contributed by atoms with van der Waals surface area (Å²) < 4.78 is 5.75. The zero-order chi connectivity index (χ0) is 12.1. The van der Waals surface area contributed by atoms with Crippen molar-refractivity contribution < 1.29 is 9.73 Å². The summed E-state index contributed by atoms with van der Waals surface area (Å²) in [6.45, 7) is 5.40. The van der Waals surface area contributed by atoms with Crippen LogP contribution in [0.2, 0.25) is 5.02 Å². The molecular formula is C14H15ClNO+. The molecule has 2 aromatic rings. The van der Waals surface area contributed by atoms with Gasteiger partial charge in [-0.25, -0.2) is 0 Å². The molecule has 17 heavy (non-hydrogen) atoms. The molecule has 0 saturated heterocycles. The number of rotatable bonds is 5. The average molecular weight is 249 g/mol. The molecule has 1 aromatic carbocycles. The summed E-state index contributed by atoms with van der Waals surface area (Å²) in [7, 11) is 0. The van der Waals surface area contributed by atoms with Crippen molar-refractivity contribution in [3.05, 3.63) is 59.8 Å². The second-order valence-electron chi connectivity index (χ2n) is 3.79. The van der Waals surface area contributed by atoms with Crippen molar-refractivity contribution in [2.45, 2.75) is 6.54 Å². The van der Waals surface area contributed by atoms with Crippen LogP contribution < -0.4 is 5.32 Å². The molecule has 0 aliphatic rings. The van der Waals surface area contributed by atoms with Crippen molar-refractivity contribution >= 4 is 11.6 Å². The molecule has 2 nitrogen and oxygen atoms in total. The highest BCUT2D eigenvalue weighted by molar-refractivity contribution is 6.30. The highest BCUT2D eigenvalue weighted by Crippen LogP contribution is 2.24. The van der Waals surface area contributed by atoms with E-state index < -0.39 is 0 Å². The van der Waals surface area contributed by atoms with Crippen LogP contribution in [0.25, 0.3) is 11.3 Å². The lowest BCUT2D eigenvalue weighted by Gasteiger charge is -1.98. The Bertz CT molecular complexity index is 504. The monoisotopic (exact) mass is 248 g/mol. The molecule has 3 heteroatoms. The number of quaternary nitrogens is 1. The molecule has 0 fully saturated rings. The molecule has 0 unspecified atom stereocenters. The van der Waals surface area contributed by atoms with E-state index in [0.29, 0.717) is 0 Å². The van der Waals surface area contributed by atoms with Crippen LogP contribution >= 0.6 is 11.6 Å². The van der Waals surface area contributed by atoms with Gasteiger partial charge in [-0.1, -0.05) is 30.3 Å². The normalized spacial score (nSPS) is 10.4. The van der Waals surface area contributed by atoms with Crippen LogP contribution in [0.1, 0.15) is 5.76 Å². The minimum absolute atomic E-state index is 0.721. The van der Waals surface area contributed by atoms with E-state index in [2.05, 4.69) is 11.9 Å². The summed E-state index contributed by atoms with van der Waals surface area (Å²) in [6, 6.07) is 11.6. The van der Waals surface area contributed by atoms with Gasteiger partial charge in [-0.2, -0.15) is 0 Å². The van der Waals surface area contributed by atoms with Crippen molar-refractivity contribution in [1.29, 1.82) is 0 Å². The lowest BCUT2D eigenvalue weighted by Crippen LogP contribution is -2.82. The minimum Gasteiger partial charge on any atom is -0.455 e. The first-order valence-electron chi connectivity index (χ1n) is 5.57. The lowest BCUT2D eigenvalue weighted by molar-refractivity contribution is -0.663. The molecular weight excluding hydrogens is 234 g/mol. The van der Waals surface area contributed by atoms with Crippen LogP contribution in [0.3, 0.4) is 0 Å². The van der Waals surface area contributed by atoms with Crippen LogP contribution in [0.4, 0.5) is 0 Å². The lowest BCUT2D eigenvalue weighted by atomic mass is 10.2. The number of halogens is 1. The van der Waals surface area contributed by atoms with Gasteiger partial charge in [0.25, 0.3) is 0 Å². The molecule has 1 heterocycles. The van der Waals surface area contributed by atoms with E-state index in [1.54, 1.807) is 0 Å². The van der Waals surface area contributed by atoms with Crippen LogP contribution in [0.15, 0.2) is 53.5 Å². The second-order valence-corrected chi connectivity index (χ2v) is 4.23. The standard InChI is InChI=1S/C14H14ClNO/c1-2-8-16-10-13-6-7-14(17-13)11-4-3-5-12(15)9-11/h2-7,9,16H,1,8,10H2/p+1. The molecule has 0 amide bonds. The number of benzene rings is 1. The van der Waals surface area contributed by atoms with Gasteiger partial charge in [0.2, 0.25) is 0 Å². The fourth-order valence-electron chi connectivity index (χ4n) is 1.63. The molecule has 0 saturated carbocycles. The number of hydrogen-bond donors (Lipinski definition) is 1. The van der Waals surface area contributed by atoms with Crippen molar-refractivity contribution in [3.63, 3.8) is 0 Å². The fourth-order valence-corrected chi connectivity index (χ4v) is 1.82. The first-order valence-corrected chi connectivity index (χ1v) is 5.94. The Balaban J connectivity index is 2.10. The quantitative estimate of drug-likeness (QED) is 0.640. The third-order valence-electron chi connectivity index (χ3n) is 2.45. The van der Waals surface area contributed by atoms with E-state index in [4.69, 9.17) is 16.0 Å². The highest BCUT2D eigenvalue weighted by atomic mass is 35.5. The Hall–Kier alpha value is -1.51. The maximum Gasteiger partial charge on any atom is 0.158 e. The van der Waals surface area contributed by atoms with Gasteiger partial charge in [0.05, 0.1) is 6.54 Å². The van der Waals surface area contributed by atoms with Gasteiger partial charge in [-0.15, -0.1) is 0 Å². The molecule has 0 bridgehead atoms. The summed E-state index contributed by atoms with van der Waals surface area (Å²) in [5, 5.41) is 2.85. The molecule has 2 N–H and O–H groups in total. The van der Waals surface area contributed by atoms with E-state index in [1.807, 2.05) is 42.5 Å². The largest absolute Gasteiger partial charge is 0.455 e. The summed E-state index contributed by atoms with van der Waals surface area (Å²) in [6.07, 6.45) is 1.88. The van der Waals surface area contributed by atoms with Crippen LogP contribution in [0.5, 0.6) is 0 Å². The van der Waals surface area contributed by atoms with Gasteiger partial charge in [0.15, 0.2) is 5.76 Å². The average Bonchev–Trinajstić information content (AvgIpc) is 2.78. The molecule has 0 spiro atoms. The first-order chi connectivity index (χ1) is 8.29. The minimum atomic E-state index is 0.721. The summed E-state index contributed by atoms with van der Waals surface area (Å²) >= 11 is 5.95. The van der Waals surface area contributed by atoms with Gasteiger partial charge in [-0.3, -0.25) is 0 Å². The molecule has 0 radical (unpaired) electrons. The Kier molecular flexibility index (Phi) is 4.02. The molecule has 0 aliphatic heterocycles. The molecule has 0 atom stereocenters. The SMILES string of the molecule is C=CC[NH2+]Cc1ccc(-c2cccc(Cl)c2)o1. The van der Waals surface area contributed by atoms with Crippen molar-refractivity contribution in [3.8, 4) is 11.3 Å². The Morgan fingerprint density at radius 3 is 2.94 bits per heavy atom. The van der Waals surface area contributed by atoms with Crippen molar-refractivity contribution in [2.24, 2.45) is 0 Å². The van der Waals surface area contributed by atoms with Gasteiger partial charge < -0.3 is 9.73 Å². The number of furan rings is 1. The molecule has 2 rings (SSSR count). The summed E-state index contributed by atoms with van der Waals surface area (Å²) in [5.41, 5.74) is 1.01. The maximum atomic E-state index is 5.95. The first kappa shape index (κ1) is 12.0. The zero-order valence-electron chi connectivity index (χ0n) is 9.53. The highest BCUT2D eigenvalue weighted by Gasteiger charge is 2.05. The fraction of sp³-hybridized carbons (Fsp3) is 0.143. The van der Waals surface area contributed by atoms with E-state index in [1.165, 1.54) is 0 Å². The van der Waals surface area contributed by atoms with Gasteiger partial charge in [-0.05, 0) is 30.3 Å². The van der Waals surface area contributed by atoms with Crippen molar-refractivity contribution in [2.75, 3.05) is 6.54 Å². The van der Waals surface area contributed by atoms with Crippen LogP contribution in [0, 0.1) is 0 Å². The third kappa shape index (κ3) is 3.22. The van der Waals surface area contributed by atoms with E-state index in [9.17, 15) is 0 Å². The molecule has 88 valence electrons. The Labute approximate surface area is 106 Å². The predicted molar refractivity (Wildman–Crippen MR) is 69.8 cm³/mol. The van der Waals surface area contributed by atoms with Crippen molar-refractivity contribution in [1.82, 2.24) is 0 Å². The third-order valence-corrected chi connectivity index (χ3v) is 2.68. The topological polar surface area (TPSA) is 29.8 Å². The van der Waals surface area contributed by atoms with Crippen LogP contribution in [-0.2, 0) is 6.54 Å². The zero-order valence-corrected chi connectivity index (χ0v) is 10.3. The van der Waals surface area contributed by atoms with Crippen LogP contribution in [-0.4, -0.2) is 6.54 Å². The van der Waals surface area contributed by atoms with Gasteiger partial charge in [0, 0.05) is 10.6 Å². The summed E-state index contributed by atoms with van der Waals surface area (Å²) in [5.74, 6) is 1.82. The Morgan fingerprint density at radius 1 is 1.29 bits per heavy atom. The van der Waals surface area contributed by atoms with Gasteiger partial charge in [0.1, 0.15) is 12.3 Å².